The summed E-state index contributed by atoms with van der Waals surface area (Å²) in [6.45, 7) is -0.0849. The number of nitrogens with zero attached hydrogens (tertiary/aromatic N) is 1. The summed E-state index contributed by atoms with van der Waals surface area (Å²) in [5.41, 5.74) is 5.16. The van der Waals surface area contributed by atoms with Gasteiger partial charge in [-0.3, -0.25) is 0 Å². The smallest absolute Gasteiger partial charge is 0.177 e. The molecule has 3 N–H and O–H groups in total. The average molecular weight is 219 g/mol. The molecule has 0 bridgehead atoms. The average Bonchev–Trinajstić information content (AvgIpc) is 2.19. The van der Waals surface area contributed by atoms with Crippen molar-refractivity contribution in [1.29, 1.82) is 0 Å². The Labute approximate surface area is 84.7 Å². The second-order valence-corrected chi connectivity index (χ2v) is 2.86. The van der Waals surface area contributed by atoms with Crippen molar-refractivity contribution in [2.75, 3.05) is 6.61 Å². The van der Waals surface area contributed by atoms with Crippen molar-refractivity contribution in [3.8, 4) is 5.75 Å². The lowest BCUT2D eigenvalue weighted by atomic mass is 10.3. The molecule has 0 radical (unpaired) electrons. The van der Waals surface area contributed by atoms with Crippen molar-refractivity contribution in [1.82, 2.24) is 0 Å². The van der Waals surface area contributed by atoms with Crippen LogP contribution in [-0.2, 0) is 0 Å². The molecule has 0 fully saturated rings. The molecule has 0 amide bonds. The molecule has 1 aromatic carbocycles. The molecule has 0 atom stereocenters. The Hall–Kier alpha value is -1.49. The molecule has 0 heterocycles. The number of halogens is 2. The fourth-order valence-electron chi connectivity index (χ4n) is 0.753. The van der Waals surface area contributed by atoms with Gasteiger partial charge >= 0.3 is 0 Å². The minimum Gasteiger partial charge on any atom is -0.486 e. The maximum absolute atomic E-state index is 12.7. The van der Waals surface area contributed by atoms with E-state index in [-0.39, 0.29) is 17.5 Å². The molecule has 0 saturated carbocycles. The second-order valence-electron chi connectivity index (χ2n) is 2.46. The van der Waals surface area contributed by atoms with Crippen LogP contribution in [0.4, 0.5) is 4.39 Å². The number of hydrogen-bond donors (Lipinski definition) is 2. The number of rotatable bonds is 3. The molecule has 14 heavy (non-hydrogen) atoms. The van der Waals surface area contributed by atoms with Gasteiger partial charge in [0.05, 0.1) is 5.02 Å². The van der Waals surface area contributed by atoms with Crippen LogP contribution in [0.3, 0.4) is 0 Å². The van der Waals surface area contributed by atoms with Crippen LogP contribution in [0.2, 0.25) is 5.02 Å². The van der Waals surface area contributed by atoms with Gasteiger partial charge < -0.3 is 15.7 Å². The number of ether oxygens (including phenoxy) is 1. The van der Waals surface area contributed by atoms with Crippen molar-refractivity contribution in [3.05, 3.63) is 29.0 Å². The van der Waals surface area contributed by atoms with E-state index >= 15 is 0 Å². The number of oxime groups is 1. The highest BCUT2D eigenvalue weighted by Gasteiger charge is 2.02. The Kier molecular flexibility index (Phi) is 3.53. The van der Waals surface area contributed by atoms with Gasteiger partial charge in [-0.25, -0.2) is 4.39 Å². The molecule has 1 rings (SSSR count). The molecule has 0 aliphatic rings. The lowest BCUT2D eigenvalue weighted by Crippen LogP contribution is -2.20. The van der Waals surface area contributed by atoms with Gasteiger partial charge in [-0.15, -0.1) is 0 Å². The summed E-state index contributed by atoms with van der Waals surface area (Å²) in [7, 11) is 0. The Morgan fingerprint density at radius 2 is 2.36 bits per heavy atom. The van der Waals surface area contributed by atoms with Crippen molar-refractivity contribution in [2.45, 2.75) is 0 Å². The van der Waals surface area contributed by atoms with Gasteiger partial charge in [0.2, 0.25) is 0 Å². The first-order valence-corrected chi connectivity index (χ1v) is 4.05. The van der Waals surface area contributed by atoms with Gasteiger partial charge in [-0.2, -0.15) is 0 Å². The molecule has 6 heteroatoms. The molecule has 0 aromatic heterocycles. The monoisotopic (exact) mass is 218 g/mol. The van der Waals surface area contributed by atoms with Crippen molar-refractivity contribution >= 4 is 17.4 Å². The summed E-state index contributed by atoms with van der Waals surface area (Å²) in [5.74, 6) is -0.253. The third-order valence-electron chi connectivity index (χ3n) is 1.41. The molecular weight excluding hydrogens is 211 g/mol. The topological polar surface area (TPSA) is 67.8 Å². The first kappa shape index (κ1) is 10.6. The van der Waals surface area contributed by atoms with Crippen LogP contribution in [0.5, 0.6) is 5.75 Å². The first-order valence-electron chi connectivity index (χ1n) is 3.67. The normalized spacial score (nSPS) is 11.4. The number of amidine groups is 1. The summed E-state index contributed by atoms with van der Waals surface area (Å²) in [5, 5.41) is 10.9. The molecule has 4 nitrogen and oxygen atoms in total. The SMILES string of the molecule is NC(COc1ccc(F)c(Cl)c1)=NO. The molecule has 0 aliphatic carbocycles. The van der Waals surface area contributed by atoms with Crippen LogP contribution in [0, 0.1) is 5.82 Å². The zero-order valence-electron chi connectivity index (χ0n) is 7.08. The molecule has 1 aromatic rings. The van der Waals surface area contributed by atoms with Gasteiger partial charge in [0.25, 0.3) is 0 Å². The van der Waals surface area contributed by atoms with E-state index in [1.165, 1.54) is 18.2 Å². The molecular formula is C8H8ClFN2O2. The zero-order chi connectivity index (χ0) is 10.6. The van der Waals surface area contributed by atoms with E-state index in [0.29, 0.717) is 5.75 Å². The fourth-order valence-corrected chi connectivity index (χ4v) is 0.923. The van der Waals surface area contributed by atoms with E-state index in [1.807, 2.05) is 0 Å². The van der Waals surface area contributed by atoms with E-state index in [4.69, 9.17) is 27.3 Å². The summed E-state index contributed by atoms with van der Waals surface area (Å²) >= 11 is 5.50. The highest BCUT2D eigenvalue weighted by molar-refractivity contribution is 6.30. The predicted molar refractivity (Wildman–Crippen MR) is 50.3 cm³/mol. The van der Waals surface area contributed by atoms with E-state index in [1.54, 1.807) is 0 Å². The zero-order valence-corrected chi connectivity index (χ0v) is 7.83. The lowest BCUT2D eigenvalue weighted by Gasteiger charge is -2.04. The van der Waals surface area contributed by atoms with Crippen LogP contribution < -0.4 is 10.5 Å². The summed E-state index contributed by atoms with van der Waals surface area (Å²) in [6, 6.07) is 3.87. The molecule has 0 saturated heterocycles. The highest BCUT2D eigenvalue weighted by atomic mass is 35.5. The fraction of sp³-hybridized carbons (Fsp3) is 0.125. The molecule has 0 spiro atoms. The Balaban J connectivity index is 2.64. The van der Waals surface area contributed by atoms with Gasteiger partial charge in [0, 0.05) is 6.07 Å². The maximum atomic E-state index is 12.7. The van der Waals surface area contributed by atoms with Crippen LogP contribution in [-0.4, -0.2) is 17.6 Å². The van der Waals surface area contributed by atoms with E-state index in [9.17, 15) is 4.39 Å². The van der Waals surface area contributed by atoms with Crippen molar-refractivity contribution in [3.63, 3.8) is 0 Å². The predicted octanol–water partition coefficient (Wildman–Crippen LogP) is 1.60. The third-order valence-corrected chi connectivity index (χ3v) is 1.70. The van der Waals surface area contributed by atoms with E-state index < -0.39 is 5.82 Å². The molecule has 0 aliphatic heterocycles. The van der Waals surface area contributed by atoms with E-state index in [0.717, 1.165) is 0 Å². The summed E-state index contributed by atoms with van der Waals surface area (Å²) < 4.78 is 17.7. The quantitative estimate of drug-likeness (QED) is 0.351. The van der Waals surface area contributed by atoms with Crippen molar-refractivity contribution in [2.24, 2.45) is 10.9 Å². The maximum Gasteiger partial charge on any atom is 0.177 e. The van der Waals surface area contributed by atoms with Gasteiger partial charge in [0.15, 0.2) is 5.84 Å². The summed E-state index contributed by atoms with van der Waals surface area (Å²) in [4.78, 5) is 0. The van der Waals surface area contributed by atoms with Crippen LogP contribution >= 0.6 is 11.6 Å². The van der Waals surface area contributed by atoms with Gasteiger partial charge in [0.1, 0.15) is 18.2 Å². The Bertz CT molecular complexity index is 357. The van der Waals surface area contributed by atoms with Gasteiger partial charge in [-0.1, -0.05) is 16.8 Å². The standard InChI is InChI=1S/C8H8ClFN2O2/c9-6-3-5(1-2-7(6)10)14-4-8(11)12-13/h1-3,13H,4H2,(H2,11,12). The highest BCUT2D eigenvalue weighted by Crippen LogP contribution is 2.20. The van der Waals surface area contributed by atoms with Crippen LogP contribution in [0.25, 0.3) is 0 Å². The van der Waals surface area contributed by atoms with Crippen LogP contribution in [0.15, 0.2) is 23.4 Å². The van der Waals surface area contributed by atoms with Crippen molar-refractivity contribution < 1.29 is 14.3 Å². The summed E-state index contributed by atoms with van der Waals surface area (Å²) in [6.07, 6.45) is 0. The Morgan fingerprint density at radius 1 is 1.64 bits per heavy atom. The minimum absolute atomic E-state index is 0.0398. The molecule has 0 unspecified atom stereocenters. The molecule has 76 valence electrons. The lowest BCUT2D eigenvalue weighted by molar-refractivity contribution is 0.306. The second kappa shape index (κ2) is 4.66. The number of nitrogens with two attached hydrogens (primary N) is 1. The van der Waals surface area contributed by atoms with Gasteiger partial charge in [-0.05, 0) is 12.1 Å². The minimum atomic E-state index is -0.525. The largest absolute Gasteiger partial charge is 0.486 e. The first-order chi connectivity index (χ1) is 6.63. The third kappa shape index (κ3) is 2.77. The van der Waals surface area contributed by atoms with E-state index in [2.05, 4.69) is 5.16 Å². The van der Waals surface area contributed by atoms with Crippen LogP contribution in [0.1, 0.15) is 0 Å². The number of benzene rings is 1. The Morgan fingerprint density at radius 3 is 2.93 bits per heavy atom. The number of hydrogen-bond acceptors (Lipinski definition) is 3.